The Bertz CT molecular complexity index is 293. The van der Waals surface area contributed by atoms with Gasteiger partial charge in [-0.15, -0.1) is 0 Å². The highest BCUT2D eigenvalue weighted by Crippen LogP contribution is 2.20. The van der Waals surface area contributed by atoms with Crippen LogP contribution in [-0.4, -0.2) is 11.7 Å². The second-order valence-corrected chi connectivity index (χ2v) is 2.53. The molecule has 3 N–H and O–H groups in total. The molecule has 0 saturated carbocycles. The predicted molar refractivity (Wildman–Crippen MR) is 40.3 cm³/mol. The van der Waals surface area contributed by atoms with Crippen LogP contribution >= 0.6 is 0 Å². The molecule has 2 nitrogen and oxygen atoms in total. The fraction of sp³-hybridized carbons (Fsp3) is 0.250. The number of rotatable bonds is 2. The van der Waals surface area contributed by atoms with Gasteiger partial charge in [0.25, 0.3) is 0 Å². The number of aliphatic hydroxyl groups excluding tert-OH is 1. The van der Waals surface area contributed by atoms with Gasteiger partial charge in [0.05, 0.1) is 11.7 Å². The molecule has 0 fully saturated rings. The molecule has 0 heterocycles. The lowest BCUT2D eigenvalue weighted by molar-refractivity contribution is 0.176. The molecule has 13 heavy (non-hydrogen) atoms. The average Bonchev–Trinajstić information content (AvgIpc) is 2.02. The fourth-order valence-electron chi connectivity index (χ4n) is 0.990. The smallest absolute Gasteiger partial charge is 0.134 e. The maximum absolute atomic E-state index is 12.9. The lowest BCUT2D eigenvalue weighted by atomic mass is 10.1. The summed E-state index contributed by atoms with van der Waals surface area (Å²) in [5, 5.41) is 9.05. The van der Waals surface area contributed by atoms with E-state index in [9.17, 15) is 13.2 Å². The number of nitrogens with two attached hydrogens (primary N) is 1. The van der Waals surface area contributed by atoms with E-state index in [1.54, 1.807) is 0 Å². The molecule has 1 atom stereocenters. The molecule has 0 aliphatic rings. The van der Waals surface area contributed by atoms with Gasteiger partial charge in [-0.2, -0.15) is 0 Å². The van der Waals surface area contributed by atoms with Gasteiger partial charge in [-0.3, -0.25) is 0 Å². The summed E-state index contributed by atoms with van der Waals surface area (Å²) < 4.78 is 38.1. The molecule has 0 bridgehead atoms. The van der Waals surface area contributed by atoms with Crippen LogP contribution in [0, 0.1) is 17.5 Å². The molecule has 1 aromatic carbocycles. The number of benzene rings is 1. The van der Waals surface area contributed by atoms with Gasteiger partial charge in [0.2, 0.25) is 0 Å². The molecule has 0 saturated heterocycles. The van der Waals surface area contributed by atoms with Crippen molar-refractivity contribution in [1.29, 1.82) is 0 Å². The van der Waals surface area contributed by atoms with Crippen molar-refractivity contribution >= 4 is 0 Å². The molecule has 0 aliphatic carbocycles. The largest absolute Gasteiger partial charge is 0.387 e. The highest BCUT2D eigenvalue weighted by atomic mass is 19.1. The molecule has 1 rings (SSSR count). The highest BCUT2D eigenvalue weighted by molar-refractivity contribution is 5.23. The molecular weight excluding hydrogens is 183 g/mol. The summed E-state index contributed by atoms with van der Waals surface area (Å²) in [5.74, 6) is -3.28. The predicted octanol–water partition coefficient (Wildman–Crippen LogP) is 1.10. The summed E-state index contributed by atoms with van der Waals surface area (Å²) in [7, 11) is 0. The Morgan fingerprint density at radius 1 is 1.23 bits per heavy atom. The lowest BCUT2D eigenvalue weighted by Gasteiger charge is -2.10. The Balaban J connectivity index is 3.20. The second kappa shape index (κ2) is 3.76. The third-order valence-corrected chi connectivity index (χ3v) is 1.60. The van der Waals surface area contributed by atoms with Crippen LogP contribution in [0.4, 0.5) is 13.2 Å². The molecule has 0 spiro atoms. The maximum atomic E-state index is 12.9. The Hall–Kier alpha value is -1.07. The summed E-state index contributed by atoms with van der Waals surface area (Å²) in [6, 6.07) is 0.995. The van der Waals surface area contributed by atoms with E-state index in [0.717, 1.165) is 0 Å². The average molecular weight is 191 g/mol. The van der Waals surface area contributed by atoms with E-state index >= 15 is 0 Å². The van der Waals surface area contributed by atoms with E-state index < -0.39 is 29.1 Å². The minimum Gasteiger partial charge on any atom is -0.387 e. The summed E-state index contributed by atoms with van der Waals surface area (Å²) in [5.41, 5.74) is 4.41. The van der Waals surface area contributed by atoms with Crippen LogP contribution in [0.2, 0.25) is 0 Å². The van der Waals surface area contributed by atoms with E-state index in [1.807, 2.05) is 0 Å². The van der Waals surface area contributed by atoms with Gasteiger partial charge in [0, 0.05) is 18.7 Å². The Morgan fingerprint density at radius 2 is 1.69 bits per heavy atom. The number of aliphatic hydroxyl groups is 1. The molecular formula is C8H8F3NO. The van der Waals surface area contributed by atoms with Crippen molar-refractivity contribution in [2.24, 2.45) is 5.73 Å². The summed E-state index contributed by atoms with van der Waals surface area (Å²) in [6.45, 7) is -0.320. The van der Waals surface area contributed by atoms with E-state index in [2.05, 4.69) is 0 Å². The Morgan fingerprint density at radius 3 is 2.08 bits per heavy atom. The maximum Gasteiger partial charge on any atom is 0.134 e. The molecule has 5 heteroatoms. The van der Waals surface area contributed by atoms with Crippen molar-refractivity contribution < 1.29 is 18.3 Å². The first-order valence-electron chi connectivity index (χ1n) is 3.59. The van der Waals surface area contributed by atoms with Gasteiger partial charge in [-0.1, -0.05) is 0 Å². The fourth-order valence-corrected chi connectivity index (χ4v) is 0.990. The summed E-state index contributed by atoms with van der Waals surface area (Å²) >= 11 is 0. The van der Waals surface area contributed by atoms with Gasteiger partial charge in [-0.25, -0.2) is 13.2 Å². The third kappa shape index (κ3) is 1.99. The first kappa shape index (κ1) is 10.0. The van der Waals surface area contributed by atoms with Crippen LogP contribution in [0.3, 0.4) is 0 Å². The zero-order chi connectivity index (χ0) is 10.0. The van der Waals surface area contributed by atoms with Crippen LogP contribution < -0.4 is 5.73 Å². The van der Waals surface area contributed by atoms with Gasteiger partial charge in [0.1, 0.15) is 17.5 Å². The first-order chi connectivity index (χ1) is 6.06. The minimum atomic E-state index is -1.44. The Labute approximate surface area is 72.8 Å². The van der Waals surface area contributed by atoms with Crippen LogP contribution in [0.5, 0.6) is 0 Å². The van der Waals surface area contributed by atoms with Crippen molar-refractivity contribution in [3.63, 3.8) is 0 Å². The van der Waals surface area contributed by atoms with Crippen molar-refractivity contribution in [3.8, 4) is 0 Å². The topological polar surface area (TPSA) is 46.2 Å². The monoisotopic (exact) mass is 191 g/mol. The molecule has 0 aromatic heterocycles. The van der Waals surface area contributed by atoms with Gasteiger partial charge < -0.3 is 10.8 Å². The molecule has 72 valence electrons. The van der Waals surface area contributed by atoms with Gasteiger partial charge in [-0.05, 0) is 0 Å². The molecule has 1 aromatic rings. The van der Waals surface area contributed by atoms with Crippen LogP contribution in [0.1, 0.15) is 11.7 Å². The molecule has 0 amide bonds. The van der Waals surface area contributed by atoms with Crippen molar-refractivity contribution in [2.75, 3.05) is 6.54 Å². The number of hydrogen-bond acceptors (Lipinski definition) is 2. The molecule has 0 aliphatic heterocycles. The minimum absolute atomic E-state index is 0.320. The summed E-state index contributed by atoms with van der Waals surface area (Å²) in [6.07, 6.45) is -1.44. The lowest BCUT2D eigenvalue weighted by Crippen LogP contribution is -2.15. The normalized spacial score (nSPS) is 13.0. The van der Waals surface area contributed by atoms with E-state index in [-0.39, 0.29) is 6.54 Å². The number of hydrogen-bond donors (Lipinski definition) is 2. The number of halogens is 3. The highest BCUT2D eigenvalue weighted by Gasteiger charge is 2.17. The quantitative estimate of drug-likeness (QED) is 0.735. The first-order valence-corrected chi connectivity index (χ1v) is 3.59. The summed E-state index contributed by atoms with van der Waals surface area (Å²) in [4.78, 5) is 0. The standard InChI is InChI=1S/C8H8F3NO/c9-4-1-5(10)8(6(11)2-4)7(13)3-12/h1-2,7,13H,3,12H2/t7-/m1/s1. The van der Waals surface area contributed by atoms with E-state index in [4.69, 9.17) is 10.8 Å². The van der Waals surface area contributed by atoms with Crippen molar-refractivity contribution in [1.82, 2.24) is 0 Å². The van der Waals surface area contributed by atoms with Crippen LogP contribution in [0.15, 0.2) is 12.1 Å². The third-order valence-electron chi connectivity index (χ3n) is 1.60. The van der Waals surface area contributed by atoms with Crippen molar-refractivity contribution in [2.45, 2.75) is 6.10 Å². The Kier molecular flexibility index (Phi) is 2.90. The van der Waals surface area contributed by atoms with Gasteiger partial charge in [0.15, 0.2) is 0 Å². The van der Waals surface area contributed by atoms with E-state index in [1.165, 1.54) is 0 Å². The second-order valence-electron chi connectivity index (χ2n) is 2.53. The van der Waals surface area contributed by atoms with Crippen LogP contribution in [0.25, 0.3) is 0 Å². The van der Waals surface area contributed by atoms with Gasteiger partial charge >= 0.3 is 0 Å². The molecule has 0 radical (unpaired) electrons. The zero-order valence-corrected chi connectivity index (χ0v) is 6.60. The van der Waals surface area contributed by atoms with Crippen LogP contribution in [-0.2, 0) is 0 Å². The zero-order valence-electron chi connectivity index (χ0n) is 6.60. The molecule has 0 unspecified atom stereocenters. The van der Waals surface area contributed by atoms with Crippen molar-refractivity contribution in [3.05, 3.63) is 35.1 Å². The van der Waals surface area contributed by atoms with E-state index in [0.29, 0.717) is 12.1 Å². The SMILES string of the molecule is NC[C@@H](O)c1c(F)cc(F)cc1F.